The predicted octanol–water partition coefficient (Wildman–Crippen LogP) is 2.14. The number of halogens is 2. The number of hydrogen-bond donors (Lipinski definition) is 2. The highest BCUT2D eigenvalue weighted by Crippen LogP contribution is 2.29. The quantitative estimate of drug-likeness (QED) is 0.840. The highest BCUT2D eigenvalue weighted by molar-refractivity contribution is 6.39. The molecule has 0 aliphatic heterocycles. The molecule has 0 aromatic heterocycles. The zero-order chi connectivity index (χ0) is 15.4. The van der Waals surface area contributed by atoms with E-state index in [9.17, 15) is 9.59 Å². The van der Waals surface area contributed by atoms with Crippen LogP contribution in [-0.4, -0.2) is 42.9 Å². The highest BCUT2D eigenvalue weighted by Gasteiger charge is 2.23. The van der Waals surface area contributed by atoms with Crippen molar-refractivity contribution in [3.63, 3.8) is 0 Å². The summed E-state index contributed by atoms with van der Waals surface area (Å²) in [6.45, 7) is 0.264. The van der Waals surface area contributed by atoms with Crippen LogP contribution in [0.3, 0.4) is 0 Å². The number of nitrogens with zero attached hydrogens (tertiary/aromatic N) is 1. The fourth-order valence-corrected chi connectivity index (χ4v) is 2.34. The van der Waals surface area contributed by atoms with E-state index in [0.717, 1.165) is 12.8 Å². The molecule has 1 fully saturated rings. The third-order valence-corrected chi connectivity index (χ3v) is 3.63. The zero-order valence-corrected chi connectivity index (χ0v) is 13.2. The summed E-state index contributed by atoms with van der Waals surface area (Å²) in [5.74, 6) is -0.338. The van der Waals surface area contributed by atoms with Crippen LogP contribution in [0.5, 0.6) is 0 Å². The lowest BCUT2D eigenvalue weighted by Crippen LogP contribution is -2.39. The van der Waals surface area contributed by atoms with E-state index in [-0.39, 0.29) is 24.9 Å². The van der Waals surface area contributed by atoms with E-state index in [1.54, 1.807) is 30.1 Å². The van der Waals surface area contributed by atoms with E-state index in [4.69, 9.17) is 23.2 Å². The van der Waals surface area contributed by atoms with Crippen LogP contribution in [-0.2, 0) is 9.59 Å². The van der Waals surface area contributed by atoms with E-state index in [2.05, 4.69) is 10.6 Å². The SMILES string of the molecule is CN(CC(=O)Nc1c(Cl)cccc1Cl)CC(=O)NC1CC1. The maximum atomic E-state index is 11.9. The third kappa shape index (κ3) is 5.19. The molecule has 114 valence electrons. The Labute approximate surface area is 133 Å². The molecule has 2 amide bonds. The Hall–Kier alpha value is -1.30. The lowest BCUT2D eigenvalue weighted by atomic mass is 10.3. The van der Waals surface area contributed by atoms with Crippen LogP contribution in [0.1, 0.15) is 12.8 Å². The molecule has 7 heteroatoms. The average Bonchev–Trinajstić information content (AvgIpc) is 3.17. The normalized spacial score (nSPS) is 14.1. The van der Waals surface area contributed by atoms with Gasteiger partial charge in [-0.05, 0) is 32.0 Å². The van der Waals surface area contributed by atoms with E-state index in [0.29, 0.717) is 21.8 Å². The van der Waals surface area contributed by atoms with Gasteiger partial charge in [0.2, 0.25) is 11.8 Å². The van der Waals surface area contributed by atoms with Crippen molar-refractivity contribution in [3.8, 4) is 0 Å². The Bertz CT molecular complexity index is 527. The lowest BCUT2D eigenvalue weighted by Gasteiger charge is -2.16. The molecular weight excluding hydrogens is 313 g/mol. The van der Waals surface area contributed by atoms with Gasteiger partial charge in [0.05, 0.1) is 28.8 Å². The number of para-hydroxylation sites is 1. The number of anilines is 1. The molecule has 1 aliphatic carbocycles. The number of amides is 2. The Morgan fingerprint density at radius 3 is 2.33 bits per heavy atom. The van der Waals surface area contributed by atoms with Crippen molar-refractivity contribution in [2.24, 2.45) is 0 Å². The predicted molar refractivity (Wildman–Crippen MR) is 83.8 cm³/mol. The second kappa shape index (κ2) is 7.11. The summed E-state index contributed by atoms with van der Waals surface area (Å²) in [5.41, 5.74) is 0.390. The maximum Gasteiger partial charge on any atom is 0.238 e. The molecular formula is C14H17Cl2N3O2. The molecule has 5 nitrogen and oxygen atoms in total. The standard InChI is InChI=1S/C14H17Cl2N3O2/c1-19(7-12(20)17-9-5-6-9)8-13(21)18-14-10(15)3-2-4-11(14)16/h2-4,9H,5-8H2,1H3,(H,17,20)(H,18,21). The van der Waals surface area contributed by atoms with E-state index in [1.165, 1.54) is 0 Å². The summed E-state index contributed by atoms with van der Waals surface area (Å²) in [6, 6.07) is 5.32. The first kappa shape index (κ1) is 16.1. The van der Waals surface area contributed by atoms with Crippen molar-refractivity contribution < 1.29 is 9.59 Å². The van der Waals surface area contributed by atoms with Gasteiger partial charge in [-0.25, -0.2) is 0 Å². The Balaban J connectivity index is 1.81. The number of nitrogens with one attached hydrogen (secondary N) is 2. The Morgan fingerprint density at radius 1 is 1.19 bits per heavy atom. The number of likely N-dealkylation sites (N-methyl/N-ethyl adjacent to an activating group) is 1. The fraction of sp³-hybridized carbons (Fsp3) is 0.429. The fourth-order valence-electron chi connectivity index (χ4n) is 1.84. The molecule has 1 saturated carbocycles. The second-order valence-electron chi connectivity index (χ2n) is 5.16. The van der Waals surface area contributed by atoms with Crippen molar-refractivity contribution in [1.82, 2.24) is 10.2 Å². The lowest BCUT2D eigenvalue weighted by molar-refractivity contribution is -0.123. The molecule has 1 aromatic carbocycles. The molecule has 0 bridgehead atoms. The van der Waals surface area contributed by atoms with Gasteiger partial charge >= 0.3 is 0 Å². The topological polar surface area (TPSA) is 61.4 Å². The van der Waals surface area contributed by atoms with E-state index in [1.807, 2.05) is 0 Å². The van der Waals surface area contributed by atoms with Gasteiger partial charge < -0.3 is 10.6 Å². The summed E-state index contributed by atoms with van der Waals surface area (Å²) in [6.07, 6.45) is 2.09. The average molecular weight is 330 g/mol. The number of carbonyl (C=O) groups excluding carboxylic acids is 2. The number of rotatable bonds is 6. The maximum absolute atomic E-state index is 11.9. The van der Waals surface area contributed by atoms with Gasteiger partial charge in [0.25, 0.3) is 0 Å². The molecule has 2 rings (SSSR count). The van der Waals surface area contributed by atoms with Gasteiger partial charge in [-0.1, -0.05) is 29.3 Å². The van der Waals surface area contributed by atoms with Gasteiger partial charge in [0.15, 0.2) is 0 Å². The molecule has 0 saturated heterocycles. The summed E-state index contributed by atoms with van der Waals surface area (Å²) in [5, 5.41) is 6.29. The first-order valence-electron chi connectivity index (χ1n) is 6.67. The van der Waals surface area contributed by atoms with Crippen molar-refractivity contribution in [2.75, 3.05) is 25.5 Å². The molecule has 0 unspecified atom stereocenters. The van der Waals surface area contributed by atoms with Gasteiger partial charge in [-0.15, -0.1) is 0 Å². The minimum Gasteiger partial charge on any atom is -0.352 e. The largest absolute Gasteiger partial charge is 0.352 e. The van der Waals surface area contributed by atoms with Crippen LogP contribution in [0.15, 0.2) is 18.2 Å². The minimum atomic E-state index is -0.272. The molecule has 0 spiro atoms. The molecule has 0 heterocycles. The highest BCUT2D eigenvalue weighted by atomic mass is 35.5. The first-order chi connectivity index (χ1) is 9.95. The van der Waals surface area contributed by atoms with Crippen LogP contribution in [0.4, 0.5) is 5.69 Å². The summed E-state index contributed by atoms with van der Waals surface area (Å²) in [4.78, 5) is 25.2. The van der Waals surface area contributed by atoms with Gasteiger partial charge in [0, 0.05) is 6.04 Å². The monoisotopic (exact) mass is 329 g/mol. The summed E-state index contributed by atoms with van der Waals surface area (Å²) in [7, 11) is 1.71. The molecule has 1 aliphatic rings. The van der Waals surface area contributed by atoms with Crippen molar-refractivity contribution in [3.05, 3.63) is 28.2 Å². The third-order valence-electron chi connectivity index (χ3n) is 3.00. The van der Waals surface area contributed by atoms with Crippen molar-refractivity contribution >= 4 is 40.7 Å². The summed E-state index contributed by atoms with van der Waals surface area (Å²) >= 11 is 12.0. The molecule has 21 heavy (non-hydrogen) atoms. The van der Waals surface area contributed by atoms with Crippen LogP contribution in [0.25, 0.3) is 0 Å². The second-order valence-corrected chi connectivity index (χ2v) is 5.97. The van der Waals surface area contributed by atoms with Gasteiger partial charge in [0.1, 0.15) is 0 Å². The smallest absolute Gasteiger partial charge is 0.238 e. The van der Waals surface area contributed by atoms with Gasteiger partial charge in [-0.2, -0.15) is 0 Å². The van der Waals surface area contributed by atoms with Crippen LogP contribution >= 0.6 is 23.2 Å². The molecule has 1 aromatic rings. The molecule has 0 atom stereocenters. The number of benzene rings is 1. The first-order valence-corrected chi connectivity index (χ1v) is 7.43. The zero-order valence-electron chi connectivity index (χ0n) is 11.7. The number of hydrogen-bond acceptors (Lipinski definition) is 3. The van der Waals surface area contributed by atoms with E-state index >= 15 is 0 Å². The van der Waals surface area contributed by atoms with Gasteiger partial charge in [-0.3, -0.25) is 14.5 Å². The van der Waals surface area contributed by atoms with E-state index < -0.39 is 0 Å². The summed E-state index contributed by atoms with van der Waals surface area (Å²) < 4.78 is 0. The molecule has 2 N–H and O–H groups in total. The number of carbonyl (C=O) groups is 2. The minimum absolute atomic E-state index is 0.0661. The van der Waals surface area contributed by atoms with Crippen LogP contribution in [0.2, 0.25) is 10.0 Å². The Morgan fingerprint density at radius 2 is 1.76 bits per heavy atom. The van der Waals surface area contributed by atoms with Crippen molar-refractivity contribution in [1.29, 1.82) is 0 Å². The Kier molecular flexibility index (Phi) is 5.45. The molecule has 0 radical (unpaired) electrons. The van der Waals surface area contributed by atoms with Crippen LogP contribution in [0, 0.1) is 0 Å². The van der Waals surface area contributed by atoms with Crippen LogP contribution < -0.4 is 10.6 Å². The van der Waals surface area contributed by atoms with Crippen molar-refractivity contribution in [2.45, 2.75) is 18.9 Å².